The van der Waals surface area contributed by atoms with Crippen molar-refractivity contribution in [2.24, 2.45) is 4.99 Å². The van der Waals surface area contributed by atoms with Crippen molar-refractivity contribution in [2.45, 2.75) is 89.8 Å². The van der Waals surface area contributed by atoms with Crippen LogP contribution in [0.4, 0.5) is 28.4 Å². The highest BCUT2D eigenvalue weighted by Crippen LogP contribution is 2.43. The van der Waals surface area contributed by atoms with Crippen LogP contribution in [0.2, 0.25) is 0 Å². The number of para-hydroxylation sites is 2. The maximum absolute atomic E-state index is 14.1. The molecule has 0 unspecified atom stereocenters. The van der Waals surface area contributed by atoms with Gasteiger partial charge < -0.3 is 50.4 Å². The third-order valence-corrected chi connectivity index (χ3v) is 13.4. The van der Waals surface area contributed by atoms with Crippen LogP contribution in [0.3, 0.4) is 0 Å². The lowest BCUT2D eigenvalue weighted by molar-refractivity contribution is -0.130. The number of carbonyl (C=O) groups is 6. The van der Waals surface area contributed by atoms with Gasteiger partial charge in [0.1, 0.15) is 25.3 Å². The Hall–Kier alpha value is -8.41. The summed E-state index contributed by atoms with van der Waals surface area (Å²) in [6.07, 6.45) is 4.61. The summed E-state index contributed by atoms with van der Waals surface area (Å²) in [5, 5.41) is 14.2. The summed E-state index contributed by atoms with van der Waals surface area (Å²) in [4.78, 5) is 87.4. The summed E-state index contributed by atoms with van der Waals surface area (Å²) >= 11 is 0. The van der Waals surface area contributed by atoms with Gasteiger partial charge in [0.15, 0.2) is 23.0 Å². The summed E-state index contributed by atoms with van der Waals surface area (Å²) in [6, 6.07) is 25.6. The van der Waals surface area contributed by atoms with Gasteiger partial charge in [-0.1, -0.05) is 36.4 Å². The van der Waals surface area contributed by atoms with E-state index in [0.717, 1.165) is 28.9 Å². The molecule has 4 aliphatic rings. The Labute approximate surface area is 422 Å². The highest BCUT2D eigenvalue weighted by atomic mass is 16.5. The van der Waals surface area contributed by atoms with E-state index in [-0.39, 0.29) is 55.3 Å². The molecule has 5 aromatic carbocycles. The number of anilines is 4. The van der Waals surface area contributed by atoms with E-state index in [1.807, 2.05) is 59.5 Å². The van der Waals surface area contributed by atoms with Crippen molar-refractivity contribution in [3.8, 4) is 23.0 Å². The second-order valence-electron chi connectivity index (χ2n) is 18.5. The lowest BCUT2D eigenvalue weighted by Crippen LogP contribution is -2.50. The van der Waals surface area contributed by atoms with E-state index in [4.69, 9.17) is 23.9 Å². The fourth-order valence-electron chi connectivity index (χ4n) is 9.65. The van der Waals surface area contributed by atoms with E-state index in [9.17, 15) is 28.8 Å². The Bertz CT molecular complexity index is 3030. The molecule has 4 atom stereocenters. The van der Waals surface area contributed by atoms with E-state index in [0.29, 0.717) is 94.5 Å². The van der Waals surface area contributed by atoms with Gasteiger partial charge in [0.2, 0.25) is 23.6 Å². The van der Waals surface area contributed by atoms with Gasteiger partial charge in [0, 0.05) is 68.3 Å². The number of amides is 6. The molecule has 6 amide bonds. The van der Waals surface area contributed by atoms with Crippen molar-refractivity contribution < 1.29 is 47.7 Å². The fourth-order valence-corrected chi connectivity index (χ4v) is 9.65. The van der Waals surface area contributed by atoms with Crippen molar-refractivity contribution >= 4 is 70.1 Å². The molecule has 0 bridgehead atoms. The predicted octanol–water partition coefficient (Wildman–Crippen LogP) is 6.40. The molecule has 4 aliphatic heterocycles. The van der Waals surface area contributed by atoms with E-state index in [1.54, 1.807) is 54.6 Å². The average Bonchev–Trinajstić information content (AvgIpc) is 3.89. The van der Waals surface area contributed by atoms with Crippen molar-refractivity contribution in [1.82, 2.24) is 16.0 Å². The molecule has 5 aromatic rings. The third-order valence-electron chi connectivity index (χ3n) is 13.4. The Morgan fingerprint density at radius 1 is 0.685 bits per heavy atom. The molecule has 9 rings (SSSR count). The summed E-state index contributed by atoms with van der Waals surface area (Å²) in [5.41, 5.74) is 7.42. The summed E-state index contributed by atoms with van der Waals surface area (Å²) in [7, 11) is 4.56. The number of hydrogen-bond acceptors (Lipinski definition) is 12. The second kappa shape index (κ2) is 21.5. The lowest BCUT2D eigenvalue weighted by atomic mass is 10.1. The van der Waals surface area contributed by atoms with Crippen LogP contribution < -0.4 is 55.3 Å². The minimum Gasteiger partial charge on any atom is -0.493 e. The first-order chi connectivity index (χ1) is 35.3. The molecule has 0 aliphatic carbocycles. The summed E-state index contributed by atoms with van der Waals surface area (Å²) in [6.45, 7) is 3.57. The number of carbonyl (C=O) groups excluding carboxylic acids is 6. The number of ether oxygens (including phenoxy) is 4. The number of aliphatic imine (C=N–C) groups is 1. The number of nitrogens with one attached hydrogen (secondary N) is 5. The van der Waals surface area contributed by atoms with Crippen LogP contribution in [0.25, 0.3) is 0 Å². The number of benzene rings is 5. The number of fused-ring (bicyclic) bond motifs is 8. The molecule has 73 heavy (non-hydrogen) atoms. The summed E-state index contributed by atoms with van der Waals surface area (Å²) < 4.78 is 24.4. The van der Waals surface area contributed by atoms with E-state index >= 15 is 0 Å². The first kappa shape index (κ1) is 49.6. The van der Waals surface area contributed by atoms with Gasteiger partial charge in [-0.25, -0.2) is 0 Å². The Morgan fingerprint density at radius 2 is 1.27 bits per heavy atom. The molecule has 0 fully saturated rings. The van der Waals surface area contributed by atoms with Crippen molar-refractivity contribution in [3.05, 3.63) is 124 Å². The molecule has 5 N–H and O–H groups in total. The molecule has 0 saturated carbocycles. The molecule has 0 aromatic heterocycles. The molecule has 18 nitrogen and oxygen atoms in total. The largest absolute Gasteiger partial charge is 0.493 e. The normalized spacial score (nSPS) is 16.6. The first-order valence-electron chi connectivity index (χ1n) is 24.4. The van der Waals surface area contributed by atoms with Crippen LogP contribution in [0.5, 0.6) is 23.0 Å². The topological polar surface area (TPSA) is 218 Å². The summed E-state index contributed by atoms with van der Waals surface area (Å²) in [5.74, 6) is -0.491. The lowest BCUT2D eigenvalue weighted by Gasteiger charge is -2.22. The maximum atomic E-state index is 14.1. The van der Waals surface area contributed by atoms with Gasteiger partial charge >= 0.3 is 0 Å². The average molecular weight is 991 g/mol. The van der Waals surface area contributed by atoms with E-state index in [2.05, 4.69) is 26.6 Å². The van der Waals surface area contributed by atoms with Gasteiger partial charge in [0.25, 0.3) is 11.8 Å². The minimum atomic E-state index is -1.01. The Morgan fingerprint density at radius 3 is 1.95 bits per heavy atom. The molecule has 378 valence electrons. The van der Waals surface area contributed by atoms with Crippen LogP contribution >= 0.6 is 0 Å². The first-order valence-corrected chi connectivity index (χ1v) is 24.4. The highest BCUT2D eigenvalue weighted by Gasteiger charge is 2.39. The van der Waals surface area contributed by atoms with Gasteiger partial charge in [-0.3, -0.25) is 38.7 Å². The minimum absolute atomic E-state index is 0.00296. The number of nitrogens with zero attached hydrogens (tertiary/aromatic N) is 3. The van der Waals surface area contributed by atoms with Gasteiger partial charge in [-0.2, -0.15) is 0 Å². The third kappa shape index (κ3) is 10.6. The zero-order chi connectivity index (χ0) is 51.3. The van der Waals surface area contributed by atoms with E-state index < -0.39 is 23.9 Å². The quantitative estimate of drug-likeness (QED) is 0.0605. The highest BCUT2D eigenvalue weighted by molar-refractivity contribution is 6.15. The fraction of sp³-hybridized carbons (Fsp3) is 0.327. The molecule has 0 saturated heterocycles. The molecule has 0 radical (unpaired) electrons. The standard InChI is InChI=1S/C55H58N8O10/c1-31(59-51(65)17-11-10-16-50(64)56-3)52(66)60-32(2)53(67)61-37-19-33(29-72-48-25-42-40(23-46(48)70-4)54(68)62-38(27-57-42)21-35-12-6-8-14-44(35)62)18-34(20-37)30-73-49-26-43-41(24-47(49)71-5)55(69)63-39(28-58-43)22-36-13-7-9-15-45(36)63/h6-9,12-15,18-20,23-27,31-32,38-39,58H,10-11,16-17,21-22,28-30H2,1-5H3,(H,56,64)(H,59,65)(H,60,66)(H,61,67)/t31-,32-,38-,39-/m0/s1. The number of rotatable bonds is 18. The van der Waals surface area contributed by atoms with Crippen LogP contribution in [-0.4, -0.2) is 93.6 Å². The van der Waals surface area contributed by atoms with Crippen LogP contribution in [-0.2, 0) is 45.2 Å². The molecular weight excluding hydrogens is 933 g/mol. The zero-order valence-electron chi connectivity index (χ0n) is 41.3. The van der Waals surface area contributed by atoms with Crippen LogP contribution in [0, 0.1) is 0 Å². The predicted molar refractivity (Wildman–Crippen MR) is 276 cm³/mol. The van der Waals surface area contributed by atoms with Gasteiger partial charge in [-0.05, 0) is 97.8 Å². The molecular formula is C55H58N8O10. The smallest absolute Gasteiger partial charge is 0.261 e. The van der Waals surface area contributed by atoms with Gasteiger partial charge in [0.05, 0.1) is 48.8 Å². The maximum Gasteiger partial charge on any atom is 0.261 e. The Balaban J connectivity index is 0.931. The molecule has 0 spiro atoms. The van der Waals surface area contributed by atoms with Crippen molar-refractivity contribution in [1.29, 1.82) is 0 Å². The molecule has 18 heteroatoms. The Kier molecular flexibility index (Phi) is 14.6. The number of hydrogen-bond donors (Lipinski definition) is 5. The zero-order valence-corrected chi connectivity index (χ0v) is 41.3. The van der Waals surface area contributed by atoms with Crippen LogP contribution in [0.1, 0.15) is 82.5 Å². The SMILES string of the molecule is CNC(=O)CCCCC(=O)N[C@@H](C)C(=O)N[C@@H](C)C(=O)Nc1cc(COc2cc3c(cc2OC)C(=O)N2c4ccccc4C[C@H]2C=N3)cc(COc2cc3c(cc2OC)C(=O)N2c4ccccc4C[C@H]2CN3)c1. The van der Waals surface area contributed by atoms with E-state index in [1.165, 1.54) is 28.1 Å². The monoisotopic (exact) mass is 990 g/mol. The van der Waals surface area contributed by atoms with Crippen molar-refractivity contribution in [2.75, 3.05) is 48.2 Å². The number of methoxy groups -OCH3 is 2. The van der Waals surface area contributed by atoms with Crippen molar-refractivity contribution in [3.63, 3.8) is 0 Å². The van der Waals surface area contributed by atoms with Gasteiger partial charge in [-0.15, -0.1) is 0 Å². The second-order valence-corrected chi connectivity index (χ2v) is 18.5. The van der Waals surface area contributed by atoms with Crippen LogP contribution in [0.15, 0.2) is 96.0 Å². The molecule has 4 heterocycles. The number of unbranched alkanes of at least 4 members (excludes halogenated alkanes) is 1.